The molecule has 1 rings (SSSR count). The van der Waals surface area contributed by atoms with E-state index in [-0.39, 0.29) is 11.9 Å². The molecule has 88 valence electrons. The molecule has 0 radical (unpaired) electrons. The maximum Gasteiger partial charge on any atom is 0.200 e. The maximum atomic E-state index is 7.79. The Kier molecular flexibility index (Phi) is 4.30. The molecule has 0 amide bonds. The van der Waals surface area contributed by atoms with Crippen LogP contribution in [0.4, 0.5) is 0 Å². The number of hydrogen-bond acceptors (Lipinski definition) is 3. The van der Waals surface area contributed by atoms with Gasteiger partial charge in [0.05, 0.1) is 0 Å². The van der Waals surface area contributed by atoms with Crippen molar-refractivity contribution < 1.29 is 0 Å². The van der Waals surface area contributed by atoms with E-state index in [1.807, 2.05) is 18.5 Å². The van der Waals surface area contributed by atoms with Crippen molar-refractivity contribution in [1.82, 2.24) is 9.80 Å². The molecule has 0 aliphatic heterocycles. The molecule has 0 spiro atoms. The third kappa shape index (κ3) is 3.23. The Balaban J connectivity index is 2.43. The van der Waals surface area contributed by atoms with Crippen molar-refractivity contribution >= 4 is 23.3 Å². The van der Waals surface area contributed by atoms with Gasteiger partial charge < -0.3 is 10.6 Å². The van der Waals surface area contributed by atoms with E-state index >= 15 is 0 Å². The zero-order valence-electron chi connectivity index (χ0n) is 9.53. The third-order valence-electron chi connectivity index (χ3n) is 2.31. The molecule has 1 heterocycles. The molecule has 16 heavy (non-hydrogen) atoms. The first-order chi connectivity index (χ1) is 7.52. The molecule has 0 aromatic carbocycles. The van der Waals surface area contributed by atoms with E-state index < -0.39 is 0 Å². The van der Waals surface area contributed by atoms with Crippen molar-refractivity contribution in [2.45, 2.75) is 6.42 Å². The number of nitrogens with zero attached hydrogens (tertiary/aromatic N) is 2. The minimum absolute atomic E-state index is 0.118. The molecule has 0 aliphatic rings. The summed E-state index contributed by atoms with van der Waals surface area (Å²) in [5, 5.41) is 17.1. The van der Waals surface area contributed by atoms with Crippen molar-refractivity contribution in [2.75, 3.05) is 20.6 Å². The Hall–Kier alpha value is -1.56. The molecule has 0 saturated carbocycles. The number of nitrogens with one attached hydrogen (secondary N) is 2. The van der Waals surface area contributed by atoms with Crippen LogP contribution >= 0.6 is 11.3 Å². The summed E-state index contributed by atoms with van der Waals surface area (Å²) in [4.78, 5) is 4.42. The molecule has 1 aromatic rings. The van der Waals surface area contributed by atoms with Gasteiger partial charge in [-0.25, -0.2) is 0 Å². The highest BCUT2D eigenvalue weighted by Crippen LogP contribution is 2.09. The van der Waals surface area contributed by atoms with Gasteiger partial charge in [-0.2, -0.15) is 0 Å². The smallest absolute Gasteiger partial charge is 0.200 e. The predicted octanol–water partition coefficient (Wildman–Crippen LogP) is 0.982. The van der Waals surface area contributed by atoms with Crippen molar-refractivity contribution in [3.63, 3.8) is 0 Å². The van der Waals surface area contributed by atoms with Gasteiger partial charge in [0.1, 0.15) is 0 Å². The molecule has 0 unspecified atom stereocenters. The molecule has 0 bridgehead atoms. The first-order valence-electron chi connectivity index (χ1n) is 4.92. The van der Waals surface area contributed by atoms with Gasteiger partial charge in [0.25, 0.3) is 0 Å². The number of likely N-dealkylation sites (N-methyl/N-ethyl adjacent to an activating group) is 1. The lowest BCUT2D eigenvalue weighted by molar-refractivity contribution is 0.450. The van der Waals surface area contributed by atoms with Gasteiger partial charge >= 0.3 is 0 Å². The minimum atomic E-state index is -0.118. The van der Waals surface area contributed by atoms with Crippen LogP contribution in [0.3, 0.4) is 0 Å². The van der Waals surface area contributed by atoms with E-state index in [0.717, 1.165) is 13.0 Å². The third-order valence-corrected chi connectivity index (χ3v) is 3.25. The minimum Gasteiger partial charge on any atom is -0.370 e. The van der Waals surface area contributed by atoms with E-state index in [0.29, 0.717) is 0 Å². The van der Waals surface area contributed by atoms with Gasteiger partial charge in [0.2, 0.25) is 0 Å². The zero-order valence-corrected chi connectivity index (χ0v) is 10.3. The summed E-state index contributed by atoms with van der Waals surface area (Å²) in [7, 11) is 3.45. The summed E-state index contributed by atoms with van der Waals surface area (Å²) in [5.74, 6) is 0.122. The SMILES string of the molecule is CN(CCc1cccs1)C(=N)N(C)C(=N)N. The average molecular weight is 239 g/mol. The van der Waals surface area contributed by atoms with Crippen molar-refractivity contribution in [3.8, 4) is 0 Å². The molecular formula is C10H17N5S. The highest BCUT2D eigenvalue weighted by Gasteiger charge is 2.11. The summed E-state index contributed by atoms with van der Waals surface area (Å²) in [6.45, 7) is 0.747. The molecular weight excluding hydrogens is 222 g/mol. The Labute approximate surface area is 99.5 Å². The highest BCUT2D eigenvalue weighted by atomic mass is 32.1. The Morgan fingerprint density at radius 3 is 2.62 bits per heavy atom. The van der Waals surface area contributed by atoms with Crippen molar-refractivity contribution in [1.29, 1.82) is 10.8 Å². The van der Waals surface area contributed by atoms with E-state index in [4.69, 9.17) is 16.6 Å². The van der Waals surface area contributed by atoms with Crippen LogP contribution in [0.25, 0.3) is 0 Å². The first-order valence-corrected chi connectivity index (χ1v) is 5.80. The Morgan fingerprint density at radius 1 is 1.44 bits per heavy atom. The first kappa shape index (κ1) is 12.5. The topological polar surface area (TPSA) is 80.2 Å². The Bertz CT molecular complexity index is 359. The molecule has 5 nitrogen and oxygen atoms in total. The Morgan fingerprint density at radius 2 is 2.12 bits per heavy atom. The second-order valence-electron chi connectivity index (χ2n) is 3.52. The predicted molar refractivity (Wildman–Crippen MR) is 68.1 cm³/mol. The van der Waals surface area contributed by atoms with Gasteiger partial charge in [-0.15, -0.1) is 11.3 Å². The second-order valence-corrected chi connectivity index (χ2v) is 4.55. The van der Waals surface area contributed by atoms with Crippen molar-refractivity contribution in [3.05, 3.63) is 22.4 Å². The lowest BCUT2D eigenvalue weighted by atomic mass is 10.3. The fourth-order valence-electron chi connectivity index (χ4n) is 1.21. The summed E-state index contributed by atoms with van der Waals surface area (Å²) in [5.41, 5.74) is 5.31. The van der Waals surface area contributed by atoms with Crippen LogP contribution < -0.4 is 5.73 Å². The lowest BCUT2D eigenvalue weighted by Crippen LogP contribution is -2.46. The van der Waals surface area contributed by atoms with E-state index in [2.05, 4.69) is 6.07 Å². The van der Waals surface area contributed by atoms with Crippen LogP contribution in [0.5, 0.6) is 0 Å². The summed E-state index contributed by atoms with van der Waals surface area (Å²) < 4.78 is 0. The van der Waals surface area contributed by atoms with Gasteiger partial charge in [0, 0.05) is 25.5 Å². The fraction of sp³-hybridized carbons (Fsp3) is 0.400. The summed E-state index contributed by atoms with van der Waals surface area (Å²) in [6, 6.07) is 4.10. The van der Waals surface area contributed by atoms with Crippen LogP contribution in [0, 0.1) is 10.8 Å². The highest BCUT2D eigenvalue weighted by molar-refractivity contribution is 7.09. The molecule has 4 N–H and O–H groups in total. The number of rotatable bonds is 3. The molecule has 6 heteroatoms. The summed E-state index contributed by atoms with van der Waals surface area (Å²) in [6.07, 6.45) is 0.905. The number of hydrogen-bond donors (Lipinski definition) is 3. The lowest BCUT2D eigenvalue weighted by Gasteiger charge is -2.26. The fourth-order valence-corrected chi connectivity index (χ4v) is 1.91. The van der Waals surface area contributed by atoms with Crippen molar-refractivity contribution in [2.24, 2.45) is 5.73 Å². The van der Waals surface area contributed by atoms with Crippen LogP contribution in [-0.4, -0.2) is 42.4 Å². The van der Waals surface area contributed by atoms with Crippen LogP contribution in [0.1, 0.15) is 4.88 Å². The van der Waals surface area contributed by atoms with Crippen LogP contribution in [-0.2, 0) is 6.42 Å². The molecule has 0 saturated heterocycles. The zero-order chi connectivity index (χ0) is 12.1. The molecule has 0 aliphatic carbocycles. The number of thiophene rings is 1. The molecule has 0 fully saturated rings. The maximum absolute atomic E-state index is 7.79. The molecule has 0 atom stereocenters. The quantitative estimate of drug-likeness (QED) is 0.543. The van der Waals surface area contributed by atoms with Gasteiger partial charge in [-0.1, -0.05) is 6.07 Å². The van der Waals surface area contributed by atoms with Gasteiger partial charge in [-0.05, 0) is 17.9 Å². The normalized spacial score (nSPS) is 9.88. The van der Waals surface area contributed by atoms with E-state index in [9.17, 15) is 0 Å². The standard InChI is InChI=1S/C10H17N5S/c1-14(10(13)15(2)9(11)12)6-5-8-4-3-7-16-8/h3-4,7,13H,5-6H2,1-2H3,(H3,11,12). The van der Waals surface area contributed by atoms with Crippen LogP contribution in [0.15, 0.2) is 17.5 Å². The van der Waals surface area contributed by atoms with Gasteiger partial charge in [-0.3, -0.25) is 15.7 Å². The van der Waals surface area contributed by atoms with Gasteiger partial charge in [0.15, 0.2) is 11.9 Å². The average Bonchev–Trinajstić information content (AvgIpc) is 2.76. The number of nitrogens with two attached hydrogens (primary N) is 1. The number of guanidine groups is 2. The largest absolute Gasteiger partial charge is 0.370 e. The van der Waals surface area contributed by atoms with E-state index in [1.165, 1.54) is 9.78 Å². The second kappa shape index (κ2) is 5.50. The summed E-state index contributed by atoms with van der Waals surface area (Å²) >= 11 is 1.71. The van der Waals surface area contributed by atoms with Crippen LogP contribution in [0.2, 0.25) is 0 Å². The monoisotopic (exact) mass is 239 g/mol. The van der Waals surface area contributed by atoms with E-state index in [1.54, 1.807) is 23.3 Å². The molecule has 1 aromatic heterocycles.